The van der Waals surface area contributed by atoms with Crippen molar-refractivity contribution in [3.8, 4) is 0 Å². The van der Waals surface area contributed by atoms with Gasteiger partial charge in [-0.1, -0.05) is 23.7 Å². The Morgan fingerprint density at radius 1 is 1.07 bits per heavy atom. The van der Waals surface area contributed by atoms with Crippen LogP contribution in [0.4, 0.5) is 40.6 Å². The average molecular weight is 442 g/mol. The van der Waals surface area contributed by atoms with E-state index in [-0.39, 0.29) is 28.9 Å². The summed E-state index contributed by atoms with van der Waals surface area (Å²) in [5.74, 6) is -0.959. The molecule has 0 aliphatic rings. The molecule has 12 heteroatoms. The summed E-state index contributed by atoms with van der Waals surface area (Å²) in [6, 6.07) is 7.96. The SMILES string of the molecule is O=[N+]([O-])c1c(NCc2ccc(F)cc2)ncnc1Nc1cc(C(F)(F)F)ccc1Cl. The summed E-state index contributed by atoms with van der Waals surface area (Å²) in [4.78, 5) is 18.4. The zero-order valence-corrected chi connectivity index (χ0v) is 15.6. The zero-order chi connectivity index (χ0) is 21.9. The van der Waals surface area contributed by atoms with E-state index in [1.54, 1.807) is 0 Å². The predicted octanol–water partition coefficient (Wildman–Crippen LogP) is 5.55. The Kier molecular flexibility index (Phi) is 6.01. The third kappa shape index (κ3) is 4.92. The lowest BCUT2D eigenvalue weighted by Crippen LogP contribution is -2.09. The number of nitrogens with one attached hydrogen (secondary N) is 2. The third-order valence-corrected chi connectivity index (χ3v) is 4.25. The van der Waals surface area contributed by atoms with E-state index in [2.05, 4.69) is 20.6 Å². The first kappa shape index (κ1) is 21.2. The van der Waals surface area contributed by atoms with Crippen LogP contribution in [0.5, 0.6) is 0 Å². The average Bonchev–Trinajstić information content (AvgIpc) is 2.68. The van der Waals surface area contributed by atoms with Crippen molar-refractivity contribution in [2.75, 3.05) is 10.6 Å². The van der Waals surface area contributed by atoms with Crippen molar-refractivity contribution in [1.29, 1.82) is 0 Å². The Morgan fingerprint density at radius 3 is 2.37 bits per heavy atom. The van der Waals surface area contributed by atoms with Crippen molar-refractivity contribution in [2.24, 2.45) is 0 Å². The van der Waals surface area contributed by atoms with Gasteiger partial charge in [0.15, 0.2) is 0 Å². The lowest BCUT2D eigenvalue weighted by atomic mass is 10.2. The first-order chi connectivity index (χ1) is 14.1. The third-order valence-electron chi connectivity index (χ3n) is 3.92. The number of aromatic nitrogens is 2. The molecule has 0 radical (unpaired) electrons. The van der Waals surface area contributed by atoms with Crippen LogP contribution in [0.25, 0.3) is 0 Å². The summed E-state index contributed by atoms with van der Waals surface area (Å²) in [5, 5.41) is 16.7. The van der Waals surface area contributed by atoms with Crippen LogP contribution in [-0.2, 0) is 12.7 Å². The van der Waals surface area contributed by atoms with Gasteiger partial charge < -0.3 is 10.6 Å². The summed E-state index contributed by atoms with van der Waals surface area (Å²) in [7, 11) is 0. The Labute approximate surface area is 171 Å². The summed E-state index contributed by atoms with van der Waals surface area (Å²) < 4.78 is 51.9. The highest BCUT2D eigenvalue weighted by molar-refractivity contribution is 6.33. The second-order valence-corrected chi connectivity index (χ2v) is 6.38. The number of rotatable bonds is 6. The molecule has 0 saturated heterocycles. The van der Waals surface area contributed by atoms with Crippen molar-refractivity contribution in [3.63, 3.8) is 0 Å². The van der Waals surface area contributed by atoms with Crippen LogP contribution in [0.3, 0.4) is 0 Å². The number of hydrogen-bond acceptors (Lipinski definition) is 6. The monoisotopic (exact) mass is 441 g/mol. The number of nitro groups is 1. The maximum absolute atomic E-state index is 13.0. The van der Waals surface area contributed by atoms with Crippen LogP contribution in [0, 0.1) is 15.9 Å². The number of hydrogen-bond donors (Lipinski definition) is 2. The summed E-state index contributed by atoms with van der Waals surface area (Å²) in [6.07, 6.45) is -3.62. The minimum Gasteiger partial charge on any atom is -0.360 e. The zero-order valence-electron chi connectivity index (χ0n) is 14.9. The Balaban J connectivity index is 1.91. The fourth-order valence-corrected chi connectivity index (χ4v) is 2.65. The first-order valence-electron chi connectivity index (χ1n) is 8.26. The molecular weight excluding hydrogens is 430 g/mol. The molecule has 0 spiro atoms. The molecule has 7 nitrogen and oxygen atoms in total. The van der Waals surface area contributed by atoms with E-state index in [9.17, 15) is 27.7 Å². The molecular formula is C18H12ClF4N5O2. The predicted molar refractivity (Wildman–Crippen MR) is 102 cm³/mol. The van der Waals surface area contributed by atoms with Gasteiger partial charge in [0.25, 0.3) is 0 Å². The van der Waals surface area contributed by atoms with Gasteiger partial charge in [-0.05, 0) is 35.9 Å². The van der Waals surface area contributed by atoms with Crippen LogP contribution in [0.1, 0.15) is 11.1 Å². The normalized spacial score (nSPS) is 11.2. The molecule has 30 heavy (non-hydrogen) atoms. The summed E-state index contributed by atoms with van der Waals surface area (Å²) in [5.41, 5.74) is -1.16. The van der Waals surface area contributed by atoms with Gasteiger partial charge in [-0.25, -0.2) is 14.4 Å². The van der Waals surface area contributed by atoms with Gasteiger partial charge in [-0.3, -0.25) is 10.1 Å². The fraction of sp³-hybridized carbons (Fsp3) is 0.111. The van der Waals surface area contributed by atoms with E-state index in [0.717, 1.165) is 24.5 Å². The molecule has 0 aliphatic carbocycles. The summed E-state index contributed by atoms with van der Waals surface area (Å²) >= 11 is 5.93. The standard InChI is InChI=1S/C18H12ClF4N5O2/c19-13-6-3-11(18(21,22)23)7-14(13)27-17-15(28(29)30)16(25-9-26-17)24-8-10-1-4-12(20)5-2-10/h1-7,9H,8H2,(H2,24,25,26,27). The molecule has 0 fully saturated rings. The molecule has 2 aromatic carbocycles. The highest BCUT2D eigenvalue weighted by atomic mass is 35.5. The second-order valence-electron chi connectivity index (χ2n) is 5.97. The lowest BCUT2D eigenvalue weighted by Gasteiger charge is -2.13. The molecule has 1 heterocycles. The van der Waals surface area contributed by atoms with E-state index in [1.807, 2.05) is 0 Å². The maximum Gasteiger partial charge on any atom is 0.416 e. The number of alkyl halides is 3. The molecule has 0 bridgehead atoms. The van der Waals surface area contributed by atoms with Crippen LogP contribution >= 0.6 is 11.6 Å². The number of halogens is 5. The van der Waals surface area contributed by atoms with Gasteiger partial charge in [0, 0.05) is 6.54 Å². The van der Waals surface area contributed by atoms with E-state index in [4.69, 9.17) is 11.6 Å². The Bertz CT molecular complexity index is 1080. The largest absolute Gasteiger partial charge is 0.416 e. The fourth-order valence-electron chi connectivity index (χ4n) is 2.49. The van der Waals surface area contributed by atoms with Gasteiger partial charge in [0.2, 0.25) is 11.6 Å². The smallest absolute Gasteiger partial charge is 0.360 e. The van der Waals surface area contributed by atoms with Crippen LogP contribution in [0.2, 0.25) is 5.02 Å². The van der Waals surface area contributed by atoms with E-state index < -0.39 is 28.2 Å². The van der Waals surface area contributed by atoms with E-state index in [1.165, 1.54) is 24.3 Å². The highest BCUT2D eigenvalue weighted by Gasteiger charge is 2.31. The van der Waals surface area contributed by atoms with Crippen molar-refractivity contribution in [1.82, 2.24) is 9.97 Å². The van der Waals surface area contributed by atoms with Crippen molar-refractivity contribution in [2.45, 2.75) is 12.7 Å². The first-order valence-corrected chi connectivity index (χ1v) is 8.64. The highest BCUT2D eigenvalue weighted by Crippen LogP contribution is 2.37. The molecule has 3 aromatic rings. The quantitative estimate of drug-likeness (QED) is 0.296. The van der Waals surface area contributed by atoms with Crippen LogP contribution in [0.15, 0.2) is 48.8 Å². The minimum absolute atomic E-state index is 0.0852. The maximum atomic E-state index is 13.0. The van der Waals surface area contributed by atoms with E-state index in [0.29, 0.717) is 5.56 Å². The van der Waals surface area contributed by atoms with Crippen molar-refractivity contribution >= 4 is 34.6 Å². The van der Waals surface area contributed by atoms with Crippen LogP contribution in [-0.4, -0.2) is 14.9 Å². The topological polar surface area (TPSA) is 93.0 Å². The van der Waals surface area contributed by atoms with Crippen LogP contribution < -0.4 is 10.6 Å². The molecule has 0 saturated carbocycles. The van der Waals surface area contributed by atoms with Crippen molar-refractivity contribution in [3.05, 3.63) is 80.9 Å². The minimum atomic E-state index is -4.62. The molecule has 1 aromatic heterocycles. The molecule has 3 rings (SSSR count). The van der Waals surface area contributed by atoms with Gasteiger partial charge in [0.1, 0.15) is 12.1 Å². The molecule has 0 atom stereocenters. The second kappa shape index (κ2) is 8.49. The molecule has 2 N–H and O–H groups in total. The Morgan fingerprint density at radius 2 is 1.73 bits per heavy atom. The van der Waals surface area contributed by atoms with Crippen molar-refractivity contribution < 1.29 is 22.5 Å². The molecule has 0 amide bonds. The Hall–Kier alpha value is -3.47. The molecule has 156 valence electrons. The van der Waals surface area contributed by atoms with Gasteiger partial charge in [-0.15, -0.1) is 0 Å². The van der Waals surface area contributed by atoms with Gasteiger partial charge >= 0.3 is 11.9 Å². The summed E-state index contributed by atoms with van der Waals surface area (Å²) in [6.45, 7) is 0.0852. The number of anilines is 3. The van der Waals surface area contributed by atoms with Gasteiger partial charge in [0.05, 0.1) is 21.2 Å². The van der Waals surface area contributed by atoms with E-state index >= 15 is 0 Å². The number of benzene rings is 2. The van der Waals surface area contributed by atoms with Gasteiger partial charge in [-0.2, -0.15) is 13.2 Å². The lowest BCUT2D eigenvalue weighted by molar-refractivity contribution is -0.383. The number of nitrogens with zero attached hydrogens (tertiary/aromatic N) is 3. The molecule has 0 unspecified atom stereocenters. The molecule has 0 aliphatic heterocycles.